The summed E-state index contributed by atoms with van der Waals surface area (Å²) < 4.78 is 0. The molecule has 0 saturated carbocycles. The largest absolute Gasteiger partial charge is 0.382 e. The molecule has 124 valence electrons. The lowest BCUT2D eigenvalue weighted by atomic mass is 10.00. The number of rotatable bonds is 4. The maximum Gasteiger partial charge on any atom is 0.139 e. The second kappa shape index (κ2) is 5.79. The molecule has 1 aliphatic heterocycles. The molecule has 1 unspecified atom stereocenters. The zero-order valence-electron chi connectivity index (χ0n) is 13.8. The van der Waals surface area contributed by atoms with Crippen LogP contribution in [0.15, 0.2) is 42.9 Å². The Morgan fingerprint density at radius 2 is 2.21 bits per heavy atom. The molecule has 0 amide bonds. The van der Waals surface area contributed by atoms with Crippen LogP contribution in [0, 0.1) is 6.92 Å². The van der Waals surface area contributed by atoms with E-state index >= 15 is 0 Å². The summed E-state index contributed by atoms with van der Waals surface area (Å²) in [5.74, 6) is 0. The Morgan fingerprint density at radius 3 is 3.08 bits per heavy atom. The Kier molecular flexibility index (Phi) is 3.61. The van der Waals surface area contributed by atoms with Gasteiger partial charge in [0, 0.05) is 49.3 Å². The van der Waals surface area contributed by atoms with Gasteiger partial charge in [-0.05, 0) is 37.6 Å². The SMILES string of the molecule is Cc1ncccc1NCC1(N)CCN(c2ccnc3[nH]ccc23)C1. The van der Waals surface area contributed by atoms with Crippen LogP contribution < -0.4 is 16.0 Å². The smallest absolute Gasteiger partial charge is 0.139 e. The van der Waals surface area contributed by atoms with Gasteiger partial charge in [-0.25, -0.2) is 4.98 Å². The molecule has 0 aromatic carbocycles. The first-order valence-electron chi connectivity index (χ1n) is 8.26. The number of anilines is 2. The van der Waals surface area contributed by atoms with Crippen LogP contribution in [-0.2, 0) is 0 Å². The van der Waals surface area contributed by atoms with Crippen LogP contribution in [0.5, 0.6) is 0 Å². The van der Waals surface area contributed by atoms with Crippen molar-refractivity contribution in [1.29, 1.82) is 0 Å². The van der Waals surface area contributed by atoms with E-state index in [0.29, 0.717) is 0 Å². The fourth-order valence-corrected chi connectivity index (χ4v) is 3.41. The number of nitrogens with two attached hydrogens (primary N) is 1. The van der Waals surface area contributed by atoms with Gasteiger partial charge in [0.1, 0.15) is 5.65 Å². The summed E-state index contributed by atoms with van der Waals surface area (Å²) in [7, 11) is 0. The van der Waals surface area contributed by atoms with Crippen molar-refractivity contribution < 1.29 is 0 Å². The van der Waals surface area contributed by atoms with Gasteiger partial charge in [0.05, 0.1) is 16.9 Å². The lowest BCUT2D eigenvalue weighted by molar-refractivity contribution is 0.499. The highest BCUT2D eigenvalue weighted by atomic mass is 15.2. The fraction of sp³-hybridized carbons (Fsp3) is 0.333. The van der Waals surface area contributed by atoms with Crippen LogP contribution in [0.3, 0.4) is 0 Å². The topological polar surface area (TPSA) is 82.9 Å². The Morgan fingerprint density at radius 1 is 1.29 bits per heavy atom. The molecule has 0 aliphatic carbocycles. The van der Waals surface area contributed by atoms with E-state index in [-0.39, 0.29) is 5.54 Å². The standard InChI is InChI=1S/C18H22N6/c1-13-15(3-2-7-20-13)23-11-18(19)6-10-24(12-18)16-5-9-22-17-14(16)4-8-21-17/h2-5,7-9,23H,6,10-12,19H2,1H3,(H,21,22). The Balaban J connectivity index is 1.49. The number of H-pyrrole nitrogens is 1. The maximum atomic E-state index is 6.66. The zero-order chi connectivity index (χ0) is 16.6. The van der Waals surface area contributed by atoms with Gasteiger partial charge in [0.25, 0.3) is 0 Å². The minimum absolute atomic E-state index is 0.256. The summed E-state index contributed by atoms with van der Waals surface area (Å²) in [5.41, 5.74) is 10.6. The molecule has 0 bridgehead atoms. The molecule has 1 atom stereocenters. The predicted molar refractivity (Wildman–Crippen MR) is 97.3 cm³/mol. The average Bonchev–Trinajstić information content (AvgIpc) is 3.21. The van der Waals surface area contributed by atoms with E-state index in [2.05, 4.69) is 37.3 Å². The molecule has 4 heterocycles. The van der Waals surface area contributed by atoms with Crippen molar-refractivity contribution in [2.75, 3.05) is 29.9 Å². The van der Waals surface area contributed by atoms with Crippen molar-refractivity contribution in [3.63, 3.8) is 0 Å². The van der Waals surface area contributed by atoms with E-state index in [9.17, 15) is 0 Å². The van der Waals surface area contributed by atoms with Gasteiger partial charge in [-0.15, -0.1) is 0 Å². The van der Waals surface area contributed by atoms with E-state index < -0.39 is 0 Å². The molecule has 1 fully saturated rings. The highest BCUT2D eigenvalue weighted by Crippen LogP contribution is 2.30. The number of hydrogen-bond acceptors (Lipinski definition) is 5. The summed E-state index contributed by atoms with van der Waals surface area (Å²) in [4.78, 5) is 14.2. The van der Waals surface area contributed by atoms with Gasteiger partial charge in [0.2, 0.25) is 0 Å². The molecule has 0 spiro atoms. The lowest BCUT2D eigenvalue weighted by Crippen LogP contribution is -2.48. The number of nitrogens with zero attached hydrogens (tertiary/aromatic N) is 3. The normalized spacial score (nSPS) is 20.7. The molecule has 4 N–H and O–H groups in total. The summed E-state index contributed by atoms with van der Waals surface area (Å²) in [5, 5.41) is 4.62. The van der Waals surface area contributed by atoms with Crippen molar-refractivity contribution in [3.05, 3.63) is 48.5 Å². The van der Waals surface area contributed by atoms with Gasteiger partial charge < -0.3 is 20.9 Å². The molecule has 4 rings (SSSR count). The van der Waals surface area contributed by atoms with Crippen molar-refractivity contribution in [2.24, 2.45) is 5.73 Å². The Bertz CT molecular complexity index is 857. The number of pyridine rings is 2. The third-order valence-electron chi connectivity index (χ3n) is 4.80. The van der Waals surface area contributed by atoms with E-state index in [1.807, 2.05) is 37.6 Å². The Labute approximate surface area is 141 Å². The number of nitrogens with one attached hydrogen (secondary N) is 2. The van der Waals surface area contributed by atoms with Crippen LogP contribution in [0.4, 0.5) is 11.4 Å². The third kappa shape index (κ3) is 2.69. The van der Waals surface area contributed by atoms with Crippen LogP contribution in [0.25, 0.3) is 11.0 Å². The maximum absolute atomic E-state index is 6.66. The van der Waals surface area contributed by atoms with Gasteiger partial charge in [-0.2, -0.15) is 0 Å². The highest BCUT2D eigenvalue weighted by Gasteiger charge is 2.35. The summed E-state index contributed by atoms with van der Waals surface area (Å²) in [6.07, 6.45) is 6.54. The van der Waals surface area contributed by atoms with Gasteiger partial charge in [-0.1, -0.05) is 0 Å². The number of aromatic nitrogens is 3. The minimum Gasteiger partial charge on any atom is -0.382 e. The third-order valence-corrected chi connectivity index (χ3v) is 4.80. The molecular weight excluding hydrogens is 300 g/mol. The van der Waals surface area contributed by atoms with Crippen LogP contribution in [-0.4, -0.2) is 40.1 Å². The van der Waals surface area contributed by atoms with E-state index in [1.54, 1.807) is 0 Å². The molecule has 6 heteroatoms. The summed E-state index contributed by atoms with van der Waals surface area (Å²) in [6, 6.07) is 8.13. The van der Waals surface area contributed by atoms with Gasteiger partial charge in [-0.3, -0.25) is 4.98 Å². The van der Waals surface area contributed by atoms with Crippen LogP contribution in [0.1, 0.15) is 12.1 Å². The second-order valence-electron chi connectivity index (χ2n) is 6.59. The second-order valence-corrected chi connectivity index (χ2v) is 6.59. The predicted octanol–water partition coefficient (Wildman–Crippen LogP) is 2.29. The molecule has 3 aromatic heterocycles. The van der Waals surface area contributed by atoms with E-state index in [1.165, 1.54) is 5.69 Å². The zero-order valence-corrected chi connectivity index (χ0v) is 13.8. The summed E-state index contributed by atoms with van der Waals surface area (Å²) in [6.45, 7) is 4.52. The van der Waals surface area contributed by atoms with Crippen molar-refractivity contribution in [3.8, 4) is 0 Å². The van der Waals surface area contributed by atoms with Gasteiger partial charge in [0.15, 0.2) is 0 Å². The first-order valence-corrected chi connectivity index (χ1v) is 8.26. The molecule has 1 aliphatic rings. The van der Waals surface area contributed by atoms with Crippen molar-refractivity contribution in [1.82, 2.24) is 15.0 Å². The molecule has 6 nitrogen and oxygen atoms in total. The van der Waals surface area contributed by atoms with Crippen molar-refractivity contribution >= 4 is 22.4 Å². The number of hydrogen-bond donors (Lipinski definition) is 3. The molecule has 3 aromatic rings. The molecule has 1 saturated heterocycles. The van der Waals surface area contributed by atoms with E-state index in [0.717, 1.165) is 48.5 Å². The highest BCUT2D eigenvalue weighted by molar-refractivity contribution is 5.89. The van der Waals surface area contributed by atoms with Gasteiger partial charge >= 0.3 is 0 Å². The van der Waals surface area contributed by atoms with Crippen LogP contribution in [0.2, 0.25) is 0 Å². The summed E-state index contributed by atoms with van der Waals surface area (Å²) >= 11 is 0. The molecular formula is C18H22N6. The quantitative estimate of drug-likeness (QED) is 0.686. The molecule has 24 heavy (non-hydrogen) atoms. The minimum atomic E-state index is -0.256. The van der Waals surface area contributed by atoms with Crippen LogP contribution >= 0.6 is 0 Å². The number of fused-ring (bicyclic) bond motifs is 1. The number of aromatic amines is 1. The average molecular weight is 322 g/mol. The fourth-order valence-electron chi connectivity index (χ4n) is 3.41. The number of aryl methyl sites for hydroxylation is 1. The van der Waals surface area contributed by atoms with E-state index in [4.69, 9.17) is 5.73 Å². The first kappa shape index (κ1) is 15.0. The Hall–Kier alpha value is -2.60. The molecule has 0 radical (unpaired) electrons. The van der Waals surface area contributed by atoms with Crippen molar-refractivity contribution in [2.45, 2.75) is 18.9 Å². The monoisotopic (exact) mass is 322 g/mol. The first-order chi connectivity index (χ1) is 11.6. The lowest BCUT2D eigenvalue weighted by Gasteiger charge is -2.27.